The molecule has 0 aromatic carbocycles. The molecule has 1 amide bonds. The number of thiazole rings is 1. The minimum atomic E-state index is 0. The molecule has 0 aliphatic carbocycles. The summed E-state index contributed by atoms with van der Waals surface area (Å²) < 4.78 is 0. The number of aliphatic imine (C=N–C) groups is 1. The first-order valence-corrected chi connectivity index (χ1v) is 8.08. The number of nitrogens with zero attached hydrogens (tertiary/aromatic N) is 3. The molecule has 1 aliphatic heterocycles. The number of halogens is 1. The van der Waals surface area contributed by atoms with Gasteiger partial charge in [-0.3, -0.25) is 9.79 Å². The average molecular weight is 437 g/mol. The summed E-state index contributed by atoms with van der Waals surface area (Å²) in [5, 5.41) is 7.71. The molecule has 2 rings (SSSR count). The normalized spacial score (nSPS) is 18.9. The van der Waals surface area contributed by atoms with Crippen LogP contribution in [0.3, 0.4) is 0 Å². The topological polar surface area (TPSA) is 69.6 Å². The Hall–Kier alpha value is -0.900. The monoisotopic (exact) mass is 437 g/mol. The first kappa shape index (κ1) is 19.1. The van der Waals surface area contributed by atoms with Gasteiger partial charge in [0.15, 0.2) is 5.96 Å². The maximum absolute atomic E-state index is 11.5. The fourth-order valence-electron chi connectivity index (χ4n) is 2.27. The van der Waals surface area contributed by atoms with Crippen molar-refractivity contribution in [3.8, 4) is 0 Å². The molecule has 1 aliphatic rings. The SMILES string of the molecule is CCc1cnc(CNC(=NC)NC2CCC(=O)N(C)C2)s1.I. The Morgan fingerprint density at radius 3 is 2.95 bits per heavy atom. The summed E-state index contributed by atoms with van der Waals surface area (Å²) in [6, 6.07) is 0.251. The zero-order chi connectivity index (χ0) is 15.2. The van der Waals surface area contributed by atoms with Gasteiger partial charge in [0.1, 0.15) is 5.01 Å². The Balaban J connectivity index is 0.00000242. The fraction of sp³-hybridized carbons (Fsp3) is 0.643. The van der Waals surface area contributed by atoms with Crippen molar-refractivity contribution in [2.24, 2.45) is 4.99 Å². The van der Waals surface area contributed by atoms with Crippen molar-refractivity contribution in [1.29, 1.82) is 0 Å². The van der Waals surface area contributed by atoms with Crippen LogP contribution in [0.1, 0.15) is 29.7 Å². The second-order valence-corrected chi connectivity index (χ2v) is 6.35. The largest absolute Gasteiger partial charge is 0.352 e. The van der Waals surface area contributed by atoms with Crippen molar-refractivity contribution in [2.45, 2.75) is 38.8 Å². The average Bonchev–Trinajstić information content (AvgIpc) is 2.95. The van der Waals surface area contributed by atoms with Crippen LogP contribution < -0.4 is 10.6 Å². The molecule has 1 aromatic heterocycles. The van der Waals surface area contributed by atoms with Gasteiger partial charge in [-0.15, -0.1) is 35.3 Å². The van der Waals surface area contributed by atoms with Crippen LogP contribution in [0.15, 0.2) is 11.2 Å². The highest BCUT2D eigenvalue weighted by atomic mass is 127. The number of rotatable bonds is 4. The van der Waals surface area contributed by atoms with E-state index in [-0.39, 0.29) is 35.9 Å². The Kier molecular flexibility index (Phi) is 8.08. The highest BCUT2D eigenvalue weighted by Crippen LogP contribution is 2.13. The van der Waals surface area contributed by atoms with E-state index >= 15 is 0 Å². The number of hydrogen-bond acceptors (Lipinski definition) is 4. The predicted molar refractivity (Wildman–Crippen MR) is 101 cm³/mol. The molecule has 8 heteroatoms. The molecular weight excluding hydrogens is 413 g/mol. The summed E-state index contributed by atoms with van der Waals surface area (Å²) in [4.78, 5) is 23.2. The van der Waals surface area contributed by atoms with E-state index in [4.69, 9.17) is 0 Å². The third-order valence-corrected chi connectivity index (χ3v) is 4.69. The van der Waals surface area contributed by atoms with Gasteiger partial charge in [0.25, 0.3) is 0 Å². The third-order valence-electron chi connectivity index (χ3n) is 3.55. The van der Waals surface area contributed by atoms with Gasteiger partial charge in [-0.25, -0.2) is 4.98 Å². The number of amides is 1. The zero-order valence-electron chi connectivity index (χ0n) is 13.3. The summed E-state index contributed by atoms with van der Waals surface area (Å²) in [6.07, 6.45) is 4.39. The van der Waals surface area contributed by atoms with Gasteiger partial charge in [0, 0.05) is 44.2 Å². The van der Waals surface area contributed by atoms with Crippen LogP contribution in [0.5, 0.6) is 0 Å². The van der Waals surface area contributed by atoms with Crippen LogP contribution >= 0.6 is 35.3 Å². The van der Waals surface area contributed by atoms with E-state index in [0.29, 0.717) is 13.0 Å². The molecule has 22 heavy (non-hydrogen) atoms. The van der Waals surface area contributed by atoms with E-state index in [2.05, 4.69) is 27.5 Å². The summed E-state index contributed by atoms with van der Waals surface area (Å²) in [5.74, 6) is 0.974. The summed E-state index contributed by atoms with van der Waals surface area (Å²) in [6.45, 7) is 3.52. The van der Waals surface area contributed by atoms with Crippen LogP contribution in [-0.2, 0) is 17.8 Å². The molecular formula is C14H24IN5OS. The van der Waals surface area contributed by atoms with Crippen molar-refractivity contribution in [1.82, 2.24) is 20.5 Å². The molecule has 1 fully saturated rings. The number of nitrogens with one attached hydrogen (secondary N) is 2. The summed E-state index contributed by atoms with van der Waals surface area (Å²) >= 11 is 1.72. The van der Waals surface area contributed by atoms with E-state index < -0.39 is 0 Å². The number of likely N-dealkylation sites (N-methyl/N-ethyl adjacent to an activating group) is 1. The third kappa shape index (κ3) is 5.38. The second kappa shape index (κ2) is 9.29. The van der Waals surface area contributed by atoms with Crippen LogP contribution in [0, 0.1) is 0 Å². The van der Waals surface area contributed by atoms with Crippen LogP contribution in [-0.4, -0.2) is 48.4 Å². The number of piperidine rings is 1. The molecule has 1 atom stereocenters. The lowest BCUT2D eigenvalue weighted by molar-refractivity contribution is -0.132. The highest BCUT2D eigenvalue weighted by molar-refractivity contribution is 14.0. The maximum atomic E-state index is 11.5. The van der Waals surface area contributed by atoms with E-state index in [1.807, 2.05) is 13.2 Å². The first-order valence-electron chi connectivity index (χ1n) is 7.27. The molecule has 124 valence electrons. The van der Waals surface area contributed by atoms with Gasteiger partial charge in [0.2, 0.25) is 5.91 Å². The van der Waals surface area contributed by atoms with Crippen molar-refractivity contribution in [3.05, 3.63) is 16.1 Å². The van der Waals surface area contributed by atoms with Crippen LogP contribution in [0.2, 0.25) is 0 Å². The molecule has 2 N–H and O–H groups in total. The van der Waals surface area contributed by atoms with E-state index in [1.54, 1.807) is 23.3 Å². The van der Waals surface area contributed by atoms with Gasteiger partial charge < -0.3 is 15.5 Å². The number of likely N-dealkylation sites (tertiary alicyclic amines) is 1. The Labute approximate surface area is 152 Å². The van der Waals surface area contributed by atoms with E-state index in [0.717, 1.165) is 30.4 Å². The van der Waals surface area contributed by atoms with Crippen LogP contribution in [0.4, 0.5) is 0 Å². The molecule has 1 saturated heterocycles. The van der Waals surface area contributed by atoms with Crippen molar-refractivity contribution >= 4 is 47.2 Å². The number of carbonyl (C=O) groups is 1. The molecule has 0 spiro atoms. The highest BCUT2D eigenvalue weighted by Gasteiger charge is 2.23. The minimum Gasteiger partial charge on any atom is -0.352 e. The number of aromatic nitrogens is 1. The molecule has 0 bridgehead atoms. The molecule has 6 nitrogen and oxygen atoms in total. The lowest BCUT2D eigenvalue weighted by Crippen LogP contribution is -2.51. The van der Waals surface area contributed by atoms with Crippen molar-refractivity contribution in [2.75, 3.05) is 20.6 Å². The Bertz CT molecular complexity index is 519. The van der Waals surface area contributed by atoms with Crippen molar-refractivity contribution in [3.63, 3.8) is 0 Å². The molecule has 0 saturated carbocycles. The van der Waals surface area contributed by atoms with E-state index in [1.165, 1.54) is 4.88 Å². The van der Waals surface area contributed by atoms with Crippen LogP contribution in [0.25, 0.3) is 0 Å². The van der Waals surface area contributed by atoms with Gasteiger partial charge in [-0.2, -0.15) is 0 Å². The molecule has 1 unspecified atom stereocenters. The lowest BCUT2D eigenvalue weighted by Gasteiger charge is -2.31. The number of aryl methyl sites for hydroxylation is 1. The number of carbonyl (C=O) groups excluding carboxylic acids is 1. The lowest BCUT2D eigenvalue weighted by atomic mass is 10.1. The van der Waals surface area contributed by atoms with Crippen molar-refractivity contribution < 1.29 is 4.79 Å². The molecule has 0 radical (unpaired) electrons. The fourth-order valence-corrected chi connectivity index (χ4v) is 3.07. The number of guanidine groups is 1. The predicted octanol–water partition coefficient (Wildman–Crippen LogP) is 1.61. The maximum Gasteiger partial charge on any atom is 0.222 e. The Morgan fingerprint density at radius 1 is 1.59 bits per heavy atom. The summed E-state index contributed by atoms with van der Waals surface area (Å²) in [5.41, 5.74) is 0. The van der Waals surface area contributed by atoms with Gasteiger partial charge in [-0.05, 0) is 12.8 Å². The van der Waals surface area contributed by atoms with Gasteiger partial charge in [-0.1, -0.05) is 6.92 Å². The van der Waals surface area contributed by atoms with Gasteiger partial charge >= 0.3 is 0 Å². The van der Waals surface area contributed by atoms with E-state index in [9.17, 15) is 4.79 Å². The molecule has 2 heterocycles. The number of hydrogen-bond donors (Lipinski definition) is 2. The summed E-state index contributed by atoms with van der Waals surface area (Å²) in [7, 11) is 3.60. The Morgan fingerprint density at radius 2 is 2.36 bits per heavy atom. The quantitative estimate of drug-likeness (QED) is 0.427. The standard InChI is InChI=1S/C14H23N5OS.HI/c1-4-11-7-16-12(21-11)8-17-14(15-2)18-10-5-6-13(20)19(3)9-10;/h7,10H,4-6,8-9H2,1-3H3,(H2,15,17,18);1H. The second-order valence-electron chi connectivity index (χ2n) is 5.15. The zero-order valence-corrected chi connectivity index (χ0v) is 16.4. The minimum absolute atomic E-state index is 0. The molecule has 1 aromatic rings. The first-order chi connectivity index (χ1) is 10.1. The van der Waals surface area contributed by atoms with Gasteiger partial charge in [0.05, 0.1) is 6.54 Å². The smallest absolute Gasteiger partial charge is 0.222 e.